The van der Waals surface area contributed by atoms with Crippen molar-refractivity contribution < 1.29 is 0 Å². The predicted molar refractivity (Wildman–Crippen MR) is 92.2 cm³/mol. The van der Waals surface area contributed by atoms with Crippen LogP contribution in [0.5, 0.6) is 0 Å². The van der Waals surface area contributed by atoms with Gasteiger partial charge in [-0.3, -0.25) is 0 Å². The van der Waals surface area contributed by atoms with Crippen LogP contribution in [-0.4, -0.2) is 4.98 Å². The molecule has 0 saturated heterocycles. The first-order valence-electron chi connectivity index (χ1n) is 6.93. The fraction of sp³-hybridized carbons (Fsp3) is 0. The molecule has 0 amide bonds. The van der Waals surface area contributed by atoms with Gasteiger partial charge < -0.3 is 0 Å². The van der Waals surface area contributed by atoms with Gasteiger partial charge in [0.1, 0.15) is 11.1 Å². The van der Waals surface area contributed by atoms with Gasteiger partial charge in [0.25, 0.3) is 0 Å². The maximum atomic E-state index is 9.42. The molecule has 0 unspecified atom stereocenters. The highest BCUT2D eigenvalue weighted by molar-refractivity contribution is 7.11. The van der Waals surface area contributed by atoms with Crippen LogP contribution in [0, 0.1) is 22.7 Å². The van der Waals surface area contributed by atoms with Gasteiger partial charge in [-0.25, -0.2) is 4.98 Å². The lowest BCUT2D eigenvalue weighted by Gasteiger charge is -1.97. The first kappa shape index (κ1) is 14.7. The highest BCUT2D eigenvalue weighted by Crippen LogP contribution is 2.27. The lowest BCUT2D eigenvalue weighted by atomic mass is 10.1. The molecule has 0 atom stereocenters. The Balaban J connectivity index is 1.92. The zero-order chi connectivity index (χ0) is 16.1. The second-order valence-corrected chi connectivity index (χ2v) is 5.67. The van der Waals surface area contributed by atoms with Gasteiger partial charge in [-0.05, 0) is 23.8 Å². The van der Waals surface area contributed by atoms with Gasteiger partial charge in [0.2, 0.25) is 0 Å². The summed E-state index contributed by atoms with van der Waals surface area (Å²) in [5, 5.41) is 20.9. The van der Waals surface area contributed by atoms with E-state index in [2.05, 4.69) is 17.1 Å². The third-order valence-corrected chi connectivity index (χ3v) is 4.15. The SMILES string of the molecule is N#CC(=Cc1ccc(C#N)cc1)c1nc(-c2ccccc2)cs1. The number of hydrogen-bond acceptors (Lipinski definition) is 4. The maximum Gasteiger partial charge on any atom is 0.134 e. The Morgan fingerprint density at radius 1 is 1.00 bits per heavy atom. The van der Waals surface area contributed by atoms with Gasteiger partial charge in [0, 0.05) is 10.9 Å². The molecule has 0 spiro atoms. The van der Waals surface area contributed by atoms with Crippen molar-refractivity contribution >= 4 is 23.0 Å². The Kier molecular flexibility index (Phi) is 4.29. The summed E-state index contributed by atoms with van der Waals surface area (Å²) in [6, 6.07) is 21.3. The fourth-order valence-electron chi connectivity index (χ4n) is 2.10. The van der Waals surface area contributed by atoms with Crippen molar-refractivity contribution in [3.05, 3.63) is 76.1 Å². The molecule has 0 radical (unpaired) electrons. The molecule has 0 saturated carbocycles. The van der Waals surface area contributed by atoms with Crippen LogP contribution < -0.4 is 0 Å². The Morgan fingerprint density at radius 2 is 1.74 bits per heavy atom. The van der Waals surface area contributed by atoms with Gasteiger partial charge in [0.05, 0.1) is 22.9 Å². The number of benzene rings is 2. The van der Waals surface area contributed by atoms with Crippen LogP contribution in [0.15, 0.2) is 60.0 Å². The second-order valence-electron chi connectivity index (χ2n) is 4.81. The minimum Gasteiger partial charge on any atom is -0.235 e. The summed E-state index contributed by atoms with van der Waals surface area (Å²) in [6.07, 6.45) is 1.79. The monoisotopic (exact) mass is 313 g/mol. The normalized spacial score (nSPS) is 10.8. The van der Waals surface area contributed by atoms with Crippen molar-refractivity contribution in [3.8, 4) is 23.4 Å². The molecule has 1 aromatic heterocycles. The van der Waals surface area contributed by atoms with Crippen molar-refractivity contribution in [1.29, 1.82) is 10.5 Å². The molecule has 4 heteroatoms. The van der Waals surface area contributed by atoms with E-state index in [1.165, 1.54) is 11.3 Å². The van der Waals surface area contributed by atoms with E-state index in [4.69, 9.17) is 5.26 Å². The molecule has 3 rings (SSSR count). The van der Waals surface area contributed by atoms with Crippen LogP contribution in [0.2, 0.25) is 0 Å². The van der Waals surface area contributed by atoms with E-state index >= 15 is 0 Å². The first-order valence-corrected chi connectivity index (χ1v) is 7.81. The largest absolute Gasteiger partial charge is 0.235 e. The second kappa shape index (κ2) is 6.70. The van der Waals surface area contributed by atoms with Gasteiger partial charge in [-0.1, -0.05) is 42.5 Å². The Morgan fingerprint density at radius 3 is 2.39 bits per heavy atom. The molecule has 0 aliphatic rings. The Bertz CT molecular complexity index is 923. The summed E-state index contributed by atoms with van der Waals surface area (Å²) in [7, 11) is 0. The highest BCUT2D eigenvalue weighted by atomic mass is 32.1. The average Bonchev–Trinajstić information content (AvgIpc) is 3.11. The third kappa shape index (κ3) is 3.35. The molecule has 0 N–H and O–H groups in total. The number of rotatable bonds is 3. The number of nitriles is 2. The maximum absolute atomic E-state index is 9.42. The van der Waals surface area contributed by atoms with Crippen LogP contribution in [0.3, 0.4) is 0 Å². The topological polar surface area (TPSA) is 60.5 Å². The third-order valence-electron chi connectivity index (χ3n) is 3.28. The molecule has 2 aromatic carbocycles. The molecule has 3 nitrogen and oxygen atoms in total. The fourth-order valence-corrected chi connectivity index (χ4v) is 2.90. The molecule has 23 heavy (non-hydrogen) atoms. The molecule has 1 heterocycles. The smallest absolute Gasteiger partial charge is 0.134 e. The molecule has 0 aliphatic carbocycles. The van der Waals surface area contributed by atoms with Crippen molar-refractivity contribution in [2.24, 2.45) is 0 Å². The van der Waals surface area contributed by atoms with Crippen molar-refractivity contribution in [2.45, 2.75) is 0 Å². The minimum absolute atomic E-state index is 0.516. The predicted octanol–water partition coefficient (Wildman–Crippen LogP) is 4.75. The van der Waals surface area contributed by atoms with E-state index in [1.54, 1.807) is 18.2 Å². The summed E-state index contributed by atoms with van der Waals surface area (Å²) in [4.78, 5) is 4.56. The lowest BCUT2D eigenvalue weighted by Crippen LogP contribution is -1.83. The number of aromatic nitrogens is 1. The summed E-state index contributed by atoms with van der Waals surface area (Å²) >= 11 is 1.45. The molecular weight excluding hydrogens is 302 g/mol. The average molecular weight is 313 g/mol. The quantitative estimate of drug-likeness (QED) is 0.656. The summed E-state index contributed by atoms with van der Waals surface area (Å²) in [5.41, 5.74) is 3.89. The van der Waals surface area contributed by atoms with Crippen molar-refractivity contribution in [2.75, 3.05) is 0 Å². The van der Waals surface area contributed by atoms with Crippen LogP contribution in [-0.2, 0) is 0 Å². The van der Waals surface area contributed by atoms with Gasteiger partial charge in [0.15, 0.2) is 0 Å². The van der Waals surface area contributed by atoms with E-state index in [9.17, 15) is 5.26 Å². The number of allylic oxidation sites excluding steroid dienone is 1. The van der Waals surface area contributed by atoms with Crippen molar-refractivity contribution in [1.82, 2.24) is 4.98 Å². The molecular formula is C19H11N3S. The van der Waals surface area contributed by atoms with E-state index in [-0.39, 0.29) is 0 Å². The first-order chi connectivity index (χ1) is 11.3. The van der Waals surface area contributed by atoms with Crippen LogP contribution >= 0.6 is 11.3 Å². The van der Waals surface area contributed by atoms with Crippen LogP contribution in [0.1, 0.15) is 16.1 Å². The summed E-state index contributed by atoms with van der Waals surface area (Å²) in [5.74, 6) is 0. The zero-order valence-electron chi connectivity index (χ0n) is 12.1. The molecule has 0 bridgehead atoms. The summed E-state index contributed by atoms with van der Waals surface area (Å²) < 4.78 is 0. The molecule has 0 aliphatic heterocycles. The van der Waals surface area contributed by atoms with E-state index < -0.39 is 0 Å². The summed E-state index contributed by atoms with van der Waals surface area (Å²) in [6.45, 7) is 0. The number of nitrogens with zero attached hydrogens (tertiary/aromatic N) is 3. The number of hydrogen-bond donors (Lipinski definition) is 0. The van der Waals surface area contributed by atoms with Gasteiger partial charge in [-0.2, -0.15) is 10.5 Å². The van der Waals surface area contributed by atoms with E-state index in [0.29, 0.717) is 16.1 Å². The molecule has 108 valence electrons. The number of thiazole rings is 1. The van der Waals surface area contributed by atoms with E-state index in [1.807, 2.05) is 47.8 Å². The Hall–Kier alpha value is -3.21. The van der Waals surface area contributed by atoms with Crippen LogP contribution in [0.25, 0.3) is 22.9 Å². The Labute approximate surface area is 138 Å². The highest BCUT2D eigenvalue weighted by Gasteiger charge is 2.08. The lowest BCUT2D eigenvalue weighted by molar-refractivity contribution is 1.37. The van der Waals surface area contributed by atoms with Gasteiger partial charge >= 0.3 is 0 Å². The molecule has 0 fully saturated rings. The zero-order valence-corrected chi connectivity index (χ0v) is 12.9. The van der Waals surface area contributed by atoms with Crippen LogP contribution in [0.4, 0.5) is 0 Å². The van der Waals surface area contributed by atoms with Gasteiger partial charge in [-0.15, -0.1) is 11.3 Å². The standard InChI is InChI=1S/C19H11N3S/c20-11-15-8-6-14(7-9-15)10-17(12-21)19-22-18(13-23-19)16-4-2-1-3-5-16/h1-10,13H. The minimum atomic E-state index is 0.516. The van der Waals surface area contributed by atoms with E-state index in [0.717, 1.165) is 16.8 Å². The van der Waals surface area contributed by atoms with Crippen molar-refractivity contribution in [3.63, 3.8) is 0 Å². The molecule has 3 aromatic rings.